The molecule has 0 heterocycles. The summed E-state index contributed by atoms with van der Waals surface area (Å²) in [6.45, 7) is 7.53. The Morgan fingerprint density at radius 1 is 1.15 bits per heavy atom. The molecule has 1 heteroatoms. The number of rotatable bonds is 2. The van der Waals surface area contributed by atoms with Crippen LogP contribution >= 0.6 is 0 Å². The van der Waals surface area contributed by atoms with Crippen LogP contribution in [0.2, 0.25) is 0 Å². The average molecular weight is 178 g/mol. The number of hydrogen-bond donors (Lipinski definition) is 0. The largest absolute Gasteiger partial charge is 0.299 e. The molecule has 1 nitrogen and oxygen atoms in total. The minimum atomic E-state index is 0.0257. The fourth-order valence-corrected chi connectivity index (χ4v) is 2.01. The first kappa shape index (κ1) is 10.2. The van der Waals surface area contributed by atoms with E-state index >= 15 is 0 Å². The van der Waals surface area contributed by atoms with Crippen LogP contribution < -0.4 is 0 Å². The van der Waals surface area contributed by atoms with Crippen LogP contribution in [0.25, 0.3) is 0 Å². The van der Waals surface area contributed by atoms with Crippen LogP contribution in [-0.2, 0) is 4.79 Å². The van der Waals surface area contributed by atoms with Gasteiger partial charge in [0.2, 0.25) is 0 Å². The molecule has 1 saturated carbocycles. The second-order valence-corrected chi connectivity index (χ2v) is 3.73. The molecule has 0 unspecified atom stereocenters. The molecule has 13 heavy (non-hydrogen) atoms. The minimum absolute atomic E-state index is 0.0257. The molecule has 0 saturated heterocycles. The number of hydrogen-bond acceptors (Lipinski definition) is 1. The summed E-state index contributed by atoms with van der Waals surface area (Å²) in [5.74, 6) is 0.697. The minimum Gasteiger partial charge on any atom is -0.299 e. The van der Waals surface area contributed by atoms with Gasteiger partial charge in [-0.1, -0.05) is 25.0 Å². The van der Waals surface area contributed by atoms with Crippen molar-refractivity contribution in [2.24, 2.45) is 11.8 Å². The Kier molecular flexibility index (Phi) is 3.94. The van der Waals surface area contributed by atoms with Crippen LogP contribution in [0, 0.1) is 11.8 Å². The van der Waals surface area contributed by atoms with E-state index in [1.54, 1.807) is 6.08 Å². The smallest absolute Gasteiger partial charge is 0.140 e. The Morgan fingerprint density at radius 3 is 2.54 bits per heavy atom. The number of carbonyl (C=O) groups is 1. The predicted molar refractivity (Wildman–Crippen MR) is 55.5 cm³/mol. The lowest BCUT2D eigenvalue weighted by Crippen LogP contribution is -2.22. The molecule has 0 aromatic heterocycles. The number of ketones is 1. The van der Waals surface area contributed by atoms with Gasteiger partial charge >= 0.3 is 0 Å². The van der Waals surface area contributed by atoms with Crippen molar-refractivity contribution >= 4 is 5.78 Å². The lowest BCUT2D eigenvalue weighted by molar-refractivity contribution is -0.122. The highest BCUT2D eigenvalue weighted by Crippen LogP contribution is 2.26. The van der Waals surface area contributed by atoms with Gasteiger partial charge in [0, 0.05) is 12.3 Å². The summed E-state index contributed by atoms with van der Waals surface area (Å²) in [6.07, 6.45) is 8.96. The average Bonchev–Trinajstić information content (AvgIpc) is 2.12. The summed E-state index contributed by atoms with van der Waals surface area (Å²) >= 11 is 0. The van der Waals surface area contributed by atoms with E-state index in [1.807, 2.05) is 6.08 Å². The van der Waals surface area contributed by atoms with Gasteiger partial charge in [0.1, 0.15) is 5.78 Å². The van der Waals surface area contributed by atoms with Crippen molar-refractivity contribution in [1.82, 2.24) is 0 Å². The fourth-order valence-electron chi connectivity index (χ4n) is 2.01. The van der Waals surface area contributed by atoms with E-state index in [9.17, 15) is 4.79 Å². The second kappa shape index (κ2) is 5.00. The number of carbonyl (C=O) groups excluding carboxylic acids is 1. The molecule has 0 amide bonds. The maximum atomic E-state index is 11.6. The molecule has 0 aliphatic heterocycles. The first-order valence-electron chi connectivity index (χ1n) is 5.07. The van der Waals surface area contributed by atoms with Crippen LogP contribution in [0.4, 0.5) is 0 Å². The first-order chi connectivity index (χ1) is 6.29. The van der Waals surface area contributed by atoms with Crippen molar-refractivity contribution in [2.75, 3.05) is 0 Å². The molecule has 0 bridgehead atoms. The molecule has 0 aromatic carbocycles. The summed E-state index contributed by atoms with van der Waals surface area (Å²) in [5.41, 5.74) is 0. The molecule has 0 spiro atoms. The van der Waals surface area contributed by atoms with E-state index in [0.717, 1.165) is 19.3 Å². The maximum absolute atomic E-state index is 11.6. The van der Waals surface area contributed by atoms with Crippen LogP contribution in [0.15, 0.2) is 25.3 Å². The SMILES string of the molecule is C=C[C@@H]1CCCCCC(=O)[C@H]1C=C. The van der Waals surface area contributed by atoms with E-state index in [-0.39, 0.29) is 5.92 Å². The highest BCUT2D eigenvalue weighted by Gasteiger charge is 2.23. The van der Waals surface area contributed by atoms with Gasteiger partial charge in [-0.3, -0.25) is 4.79 Å². The van der Waals surface area contributed by atoms with Crippen molar-refractivity contribution in [3.8, 4) is 0 Å². The standard InChI is InChI=1S/C12H18O/c1-3-10-8-6-5-7-9-12(13)11(10)4-2/h3-4,10-11H,1-2,5-9H2/t10-,11+/m1/s1. The second-order valence-electron chi connectivity index (χ2n) is 3.73. The van der Waals surface area contributed by atoms with Gasteiger partial charge in [-0.15, -0.1) is 13.2 Å². The van der Waals surface area contributed by atoms with Crippen molar-refractivity contribution in [1.29, 1.82) is 0 Å². The Hall–Kier alpha value is -0.850. The molecular weight excluding hydrogens is 160 g/mol. The zero-order valence-corrected chi connectivity index (χ0v) is 8.17. The first-order valence-corrected chi connectivity index (χ1v) is 5.07. The molecular formula is C12H18O. The van der Waals surface area contributed by atoms with Gasteiger partial charge in [-0.2, -0.15) is 0 Å². The Bertz CT molecular complexity index is 205. The predicted octanol–water partition coefficient (Wildman–Crippen LogP) is 3.12. The lowest BCUT2D eigenvalue weighted by atomic mass is 9.81. The zero-order chi connectivity index (χ0) is 9.68. The molecule has 72 valence electrons. The molecule has 2 atom stereocenters. The molecule has 1 aliphatic carbocycles. The Balaban J connectivity index is 2.71. The summed E-state index contributed by atoms with van der Waals surface area (Å²) in [6, 6.07) is 0. The molecule has 0 aromatic rings. The topological polar surface area (TPSA) is 17.1 Å². The summed E-state index contributed by atoms with van der Waals surface area (Å²) in [5, 5.41) is 0. The highest BCUT2D eigenvalue weighted by atomic mass is 16.1. The van der Waals surface area contributed by atoms with Crippen molar-refractivity contribution < 1.29 is 4.79 Å². The lowest BCUT2D eigenvalue weighted by Gasteiger charge is -2.22. The summed E-state index contributed by atoms with van der Waals surface area (Å²) in [7, 11) is 0. The van der Waals surface area contributed by atoms with Crippen molar-refractivity contribution in [2.45, 2.75) is 32.1 Å². The van der Waals surface area contributed by atoms with Crippen molar-refractivity contribution in [3.63, 3.8) is 0 Å². The van der Waals surface area contributed by atoms with Gasteiger partial charge in [0.15, 0.2) is 0 Å². The van der Waals surface area contributed by atoms with Crippen LogP contribution in [0.1, 0.15) is 32.1 Å². The molecule has 0 N–H and O–H groups in total. The highest BCUT2D eigenvalue weighted by molar-refractivity contribution is 5.83. The van der Waals surface area contributed by atoms with Crippen molar-refractivity contribution in [3.05, 3.63) is 25.3 Å². The van der Waals surface area contributed by atoms with Gasteiger partial charge in [-0.25, -0.2) is 0 Å². The molecule has 0 radical (unpaired) electrons. The molecule has 1 rings (SSSR count). The van der Waals surface area contributed by atoms with E-state index < -0.39 is 0 Å². The summed E-state index contributed by atoms with van der Waals surface area (Å²) < 4.78 is 0. The van der Waals surface area contributed by atoms with Gasteiger partial charge in [-0.05, 0) is 18.8 Å². The third kappa shape index (κ3) is 2.55. The van der Waals surface area contributed by atoms with E-state index in [2.05, 4.69) is 13.2 Å². The van der Waals surface area contributed by atoms with E-state index in [4.69, 9.17) is 0 Å². The van der Waals surface area contributed by atoms with Gasteiger partial charge in [0.05, 0.1) is 0 Å². The third-order valence-corrected chi connectivity index (χ3v) is 2.85. The Labute approximate surface area is 80.5 Å². The normalized spacial score (nSPS) is 30.3. The fraction of sp³-hybridized carbons (Fsp3) is 0.583. The molecule has 1 fully saturated rings. The maximum Gasteiger partial charge on any atom is 0.140 e. The van der Waals surface area contributed by atoms with E-state index in [1.165, 1.54) is 12.8 Å². The quantitative estimate of drug-likeness (QED) is 0.594. The Morgan fingerprint density at radius 2 is 1.92 bits per heavy atom. The van der Waals surface area contributed by atoms with Crippen LogP contribution in [0.5, 0.6) is 0 Å². The van der Waals surface area contributed by atoms with Gasteiger partial charge < -0.3 is 0 Å². The number of allylic oxidation sites excluding steroid dienone is 2. The van der Waals surface area contributed by atoms with Crippen LogP contribution in [0.3, 0.4) is 0 Å². The van der Waals surface area contributed by atoms with E-state index in [0.29, 0.717) is 11.7 Å². The molecule has 1 aliphatic rings. The zero-order valence-electron chi connectivity index (χ0n) is 8.17. The number of Topliss-reactive ketones (excluding diaryl/α,β-unsaturated/α-hetero) is 1. The van der Waals surface area contributed by atoms with Crippen LogP contribution in [-0.4, -0.2) is 5.78 Å². The summed E-state index contributed by atoms with van der Waals surface area (Å²) in [4.78, 5) is 11.6. The van der Waals surface area contributed by atoms with Gasteiger partial charge in [0.25, 0.3) is 0 Å². The third-order valence-electron chi connectivity index (χ3n) is 2.85. The monoisotopic (exact) mass is 178 g/mol.